The molecule has 0 atom stereocenters. The Morgan fingerprint density at radius 2 is 2.39 bits per heavy atom. The van der Waals surface area contributed by atoms with Gasteiger partial charge in [-0.3, -0.25) is 4.79 Å². The number of carbonyl (C=O) groups excluding carboxylic acids is 1. The summed E-state index contributed by atoms with van der Waals surface area (Å²) in [5, 5.41) is 2.21. The van der Waals surface area contributed by atoms with Crippen molar-refractivity contribution in [2.24, 2.45) is 0 Å². The van der Waals surface area contributed by atoms with Crippen molar-refractivity contribution in [3.63, 3.8) is 0 Å². The molecule has 2 heterocycles. The fraction of sp³-hybridized carbons (Fsp3) is 0.167. The zero-order valence-corrected chi connectivity index (χ0v) is 12.7. The highest BCUT2D eigenvalue weighted by atomic mass is 79.9. The molecule has 0 unspecified atom stereocenters. The van der Waals surface area contributed by atoms with Crippen LogP contribution in [-0.2, 0) is 6.54 Å². The minimum absolute atomic E-state index is 0.137. The molecule has 0 radical (unpaired) electrons. The Labute approximate surface area is 123 Å². The molecule has 0 fully saturated rings. The number of rotatable bonds is 3. The Bertz CT molecular complexity index is 559. The summed E-state index contributed by atoms with van der Waals surface area (Å²) in [5.41, 5.74) is 0.407. The summed E-state index contributed by atoms with van der Waals surface area (Å²) < 4.78 is 0.736. The molecule has 0 aliphatic heterocycles. The maximum atomic E-state index is 12.2. The van der Waals surface area contributed by atoms with Gasteiger partial charge < -0.3 is 4.90 Å². The average molecular weight is 346 g/mol. The first-order valence-electron chi connectivity index (χ1n) is 5.17. The molecule has 2 rings (SSSR count). The number of halogens is 2. The van der Waals surface area contributed by atoms with E-state index in [9.17, 15) is 4.79 Å². The number of amides is 1. The summed E-state index contributed by atoms with van der Waals surface area (Å²) in [6.45, 7) is 0.569. The first kappa shape index (κ1) is 13.5. The zero-order chi connectivity index (χ0) is 13.1. The van der Waals surface area contributed by atoms with Crippen molar-refractivity contribution in [1.82, 2.24) is 9.88 Å². The summed E-state index contributed by atoms with van der Waals surface area (Å²) in [6, 6.07) is 5.64. The predicted octanol–water partition coefficient (Wildman–Crippen LogP) is 3.83. The molecule has 0 spiro atoms. The van der Waals surface area contributed by atoms with E-state index in [0.717, 1.165) is 9.35 Å². The van der Waals surface area contributed by atoms with Gasteiger partial charge in [0.1, 0.15) is 5.15 Å². The van der Waals surface area contributed by atoms with Gasteiger partial charge in [-0.05, 0) is 33.4 Å². The second kappa shape index (κ2) is 5.82. The lowest BCUT2D eigenvalue weighted by atomic mass is 10.2. The summed E-state index contributed by atoms with van der Waals surface area (Å²) in [7, 11) is 1.75. The number of nitrogens with zero attached hydrogens (tertiary/aromatic N) is 2. The van der Waals surface area contributed by atoms with Gasteiger partial charge >= 0.3 is 0 Å². The van der Waals surface area contributed by atoms with Crippen molar-refractivity contribution < 1.29 is 4.79 Å². The third-order valence-electron chi connectivity index (χ3n) is 2.36. The van der Waals surface area contributed by atoms with Gasteiger partial charge in [0, 0.05) is 22.6 Å². The first-order valence-corrected chi connectivity index (χ1v) is 7.22. The largest absolute Gasteiger partial charge is 0.336 e. The minimum Gasteiger partial charge on any atom is -0.336 e. The summed E-state index contributed by atoms with van der Waals surface area (Å²) in [4.78, 5) is 18.9. The van der Waals surface area contributed by atoms with Crippen molar-refractivity contribution in [3.8, 4) is 0 Å². The number of carbonyl (C=O) groups is 1. The molecular weight excluding hydrogens is 336 g/mol. The fourth-order valence-corrected chi connectivity index (χ4v) is 2.76. The highest BCUT2D eigenvalue weighted by Gasteiger charge is 2.17. The second-order valence-corrected chi connectivity index (χ2v) is 6.04. The van der Waals surface area contributed by atoms with Crippen LogP contribution >= 0.6 is 38.9 Å². The Morgan fingerprint density at radius 1 is 1.61 bits per heavy atom. The van der Waals surface area contributed by atoms with Crippen LogP contribution in [0.2, 0.25) is 5.15 Å². The van der Waals surface area contributed by atoms with Crippen LogP contribution in [-0.4, -0.2) is 22.8 Å². The molecule has 94 valence electrons. The molecule has 0 aromatic carbocycles. The van der Waals surface area contributed by atoms with Crippen LogP contribution in [0.4, 0.5) is 0 Å². The van der Waals surface area contributed by atoms with Gasteiger partial charge in [-0.1, -0.05) is 17.7 Å². The lowest BCUT2D eigenvalue weighted by molar-refractivity contribution is 0.0786. The highest BCUT2D eigenvalue weighted by Crippen LogP contribution is 2.20. The van der Waals surface area contributed by atoms with Gasteiger partial charge in [0.25, 0.3) is 5.91 Å². The van der Waals surface area contributed by atoms with Gasteiger partial charge in [0.2, 0.25) is 0 Å². The molecule has 0 bridgehead atoms. The fourth-order valence-electron chi connectivity index (χ4n) is 1.49. The minimum atomic E-state index is -0.137. The summed E-state index contributed by atoms with van der Waals surface area (Å²) >= 11 is 10.8. The van der Waals surface area contributed by atoms with Crippen LogP contribution in [0.25, 0.3) is 0 Å². The monoisotopic (exact) mass is 344 g/mol. The third kappa shape index (κ3) is 3.10. The number of aromatic nitrogens is 1. The van der Waals surface area contributed by atoms with Gasteiger partial charge in [0.05, 0.1) is 12.1 Å². The molecule has 3 nitrogen and oxygen atoms in total. The van der Waals surface area contributed by atoms with Crippen molar-refractivity contribution in [1.29, 1.82) is 0 Å². The Balaban J connectivity index is 2.17. The van der Waals surface area contributed by atoms with Crippen LogP contribution in [0.15, 0.2) is 34.2 Å². The van der Waals surface area contributed by atoms with Crippen LogP contribution < -0.4 is 0 Å². The molecule has 6 heteroatoms. The lowest BCUT2D eigenvalue weighted by Gasteiger charge is -2.16. The number of thiophene rings is 1. The molecule has 1 amide bonds. The smallest absolute Gasteiger partial charge is 0.257 e. The van der Waals surface area contributed by atoms with Gasteiger partial charge in [0.15, 0.2) is 0 Å². The SMILES string of the molecule is CN(Cc1cccs1)C(=O)c1cc(Br)cnc1Cl. The Morgan fingerprint density at radius 3 is 3.06 bits per heavy atom. The highest BCUT2D eigenvalue weighted by molar-refractivity contribution is 9.10. The molecule has 2 aromatic rings. The zero-order valence-electron chi connectivity index (χ0n) is 9.56. The van der Waals surface area contributed by atoms with E-state index >= 15 is 0 Å². The molecule has 18 heavy (non-hydrogen) atoms. The maximum Gasteiger partial charge on any atom is 0.257 e. The van der Waals surface area contributed by atoms with Crippen LogP contribution in [0.5, 0.6) is 0 Å². The standard InChI is InChI=1S/C12H10BrClN2OS/c1-16(7-9-3-2-4-18-9)12(17)10-5-8(13)6-15-11(10)14/h2-6H,7H2,1H3. The van der Waals surface area contributed by atoms with E-state index in [0.29, 0.717) is 12.1 Å². The molecule has 0 aliphatic rings. The van der Waals surface area contributed by atoms with Crippen molar-refractivity contribution in [2.75, 3.05) is 7.05 Å². The molecule has 2 aromatic heterocycles. The lowest BCUT2D eigenvalue weighted by Crippen LogP contribution is -2.26. The van der Waals surface area contributed by atoms with Crippen molar-refractivity contribution in [3.05, 3.63) is 49.8 Å². The molecule has 0 N–H and O–H groups in total. The van der Waals surface area contributed by atoms with E-state index in [1.54, 1.807) is 35.5 Å². The normalized spacial score (nSPS) is 10.4. The number of hydrogen-bond donors (Lipinski definition) is 0. The molecular formula is C12H10BrClN2OS. The third-order valence-corrected chi connectivity index (χ3v) is 3.95. The average Bonchev–Trinajstić information content (AvgIpc) is 2.84. The predicted molar refractivity (Wildman–Crippen MR) is 77.1 cm³/mol. The first-order chi connectivity index (χ1) is 8.58. The van der Waals surface area contributed by atoms with Crippen LogP contribution in [0, 0.1) is 0 Å². The van der Waals surface area contributed by atoms with E-state index in [1.165, 1.54) is 0 Å². The molecule has 0 saturated heterocycles. The van der Waals surface area contributed by atoms with E-state index in [-0.39, 0.29) is 11.1 Å². The molecule has 0 saturated carbocycles. The number of hydrogen-bond acceptors (Lipinski definition) is 3. The second-order valence-electron chi connectivity index (χ2n) is 3.73. The van der Waals surface area contributed by atoms with Crippen molar-refractivity contribution in [2.45, 2.75) is 6.54 Å². The summed E-state index contributed by atoms with van der Waals surface area (Å²) in [6.07, 6.45) is 1.57. The van der Waals surface area contributed by atoms with E-state index in [2.05, 4.69) is 20.9 Å². The van der Waals surface area contributed by atoms with E-state index < -0.39 is 0 Å². The maximum absolute atomic E-state index is 12.2. The Kier molecular flexibility index (Phi) is 4.37. The topological polar surface area (TPSA) is 33.2 Å². The van der Waals surface area contributed by atoms with Gasteiger partial charge in [-0.25, -0.2) is 4.98 Å². The van der Waals surface area contributed by atoms with Crippen LogP contribution in [0.3, 0.4) is 0 Å². The quantitative estimate of drug-likeness (QED) is 0.792. The molecule has 0 aliphatic carbocycles. The van der Waals surface area contributed by atoms with Crippen molar-refractivity contribution >= 4 is 44.8 Å². The van der Waals surface area contributed by atoms with Gasteiger partial charge in [-0.2, -0.15) is 0 Å². The van der Waals surface area contributed by atoms with Crippen LogP contribution in [0.1, 0.15) is 15.2 Å². The van der Waals surface area contributed by atoms with Gasteiger partial charge in [-0.15, -0.1) is 11.3 Å². The van der Waals surface area contributed by atoms with E-state index in [1.807, 2.05) is 17.5 Å². The van der Waals surface area contributed by atoms with E-state index in [4.69, 9.17) is 11.6 Å². The number of pyridine rings is 1. The summed E-state index contributed by atoms with van der Waals surface area (Å²) in [5.74, 6) is -0.137. The Hall–Kier alpha value is -0.910.